The molecule has 0 amide bonds. The first-order chi connectivity index (χ1) is 7.83. The van der Waals surface area contributed by atoms with E-state index in [1.807, 2.05) is 6.92 Å². The van der Waals surface area contributed by atoms with Crippen LogP contribution in [0.3, 0.4) is 0 Å². The van der Waals surface area contributed by atoms with Crippen molar-refractivity contribution in [2.45, 2.75) is 31.5 Å². The molecule has 0 saturated carbocycles. The largest absolute Gasteiger partial charge is 0.416 e. The second-order valence-corrected chi connectivity index (χ2v) is 4.06. The van der Waals surface area contributed by atoms with Crippen molar-refractivity contribution in [2.75, 3.05) is 6.54 Å². The summed E-state index contributed by atoms with van der Waals surface area (Å²) in [6.45, 7) is 1.87. The third-order valence-corrected chi connectivity index (χ3v) is 2.75. The summed E-state index contributed by atoms with van der Waals surface area (Å²) >= 11 is 0. The average molecular weight is 247 g/mol. The second-order valence-electron chi connectivity index (χ2n) is 4.06. The molecule has 0 saturated heterocycles. The highest BCUT2D eigenvalue weighted by atomic mass is 19.4. The summed E-state index contributed by atoms with van der Waals surface area (Å²) in [6.07, 6.45) is -3.23. The number of halogens is 3. The number of hydrogen-bond acceptors (Lipinski definition) is 2. The van der Waals surface area contributed by atoms with Crippen LogP contribution in [0.25, 0.3) is 0 Å². The minimum Gasteiger partial charge on any atom is -0.384 e. The SMILES string of the molecule is CCCC(O)(CN)c1ccc(C(F)(F)F)cc1. The Morgan fingerprint density at radius 1 is 1.12 bits per heavy atom. The average Bonchev–Trinajstić information content (AvgIpc) is 2.28. The first-order valence-corrected chi connectivity index (χ1v) is 5.43. The third-order valence-electron chi connectivity index (χ3n) is 2.75. The number of alkyl halides is 3. The summed E-state index contributed by atoms with van der Waals surface area (Å²) in [5.41, 5.74) is 3.94. The van der Waals surface area contributed by atoms with Crippen LogP contribution in [-0.4, -0.2) is 11.7 Å². The fourth-order valence-electron chi connectivity index (χ4n) is 1.75. The molecule has 1 aromatic carbocycles. The minimum absolute atomic E-state index is 0.00773. The van der Waals surface area contributed by atoms with Gasteiger partial charge in [-0.25, -0.2) is 0 Å². The van der Waals surface area contributed by atoms with Gasteiger partial charge in [0.25, 0.3) is 0 Å². The molecule has 0 fully saturated rings. The Morgan fingerprint density at radius 2 is 1.59 bits per heavy atom. The van der Waals surface area contributed by atoms with Crippen molar-refractivity contribution in [1.82, 2.24) is 0 Å². The van der Waals surface area contributed by atoms with Gasteiger partial charge in [-0.15, -0.1) is 0 Å². The van der Waals surface area contributed by atoms with Crippen LogP contribution in [0.1, 0.15) is 30.9 Å². The fourth-order valence-corrected chi connectivity index (χ4v) is 1.75. The molecule has 0 radical (unpaired) electrons. The summed E-state index contributed by atoms with van der Waals surface area (Å²) in [5, 5.41) is 10.2. The van der Waals surface area contributed by atoms with Crippen molar-refractivity contribution >= 4 is 0 Å². The van der Waals surface area contributed by atoms with Crippen molar-refractivity contribution < 1.29 is 18.3 Å². The van der Waals surface area contributed by atoms with Gasteiger partial charge in [0.2, 0.25) is 0 Å². The molecule has 5 heteroatoms. The smallest absolute Gasteiger partial charge is 0.384 e. The summed E-state index contributed by atoms with van der Waals surface area (Å²) < 4.78 is 37.1. The molecule has 0 aliphatic rings. The van der Waals surface area contributed by atoms with E-state index < -0.39 is 17.3 Å². The van der Waals surface area contributed by atoms with Crippen LogP contribution >= 0.6 is 0 Å². The van der Waals surface area contributed by atoms with Gasteiger partial charge in [-0.2, -0.15) is 13.2 Å². The highest BCUT2D eigenvalue weighted by Crippen LogP contribution is 2.32. The van der Waals surface area contributed by atoms with E-state index in [2.05, 4.69) is 0 Å². The topological polar surface area (TPSA) is 46.2 Å². The van der Waals surface area contributed by atoms with Gasteiger partial charge in [0.15, 0.2) is 0 Å². The normalized spacial score (nSPS) is 15.6. The zero-order chi connectivity index (χ0) is 13.1. The maximum absolute atomic E-state index is 12.4. The lowest BCUT2D eigenvalue weighted by molar-refractivity contribution is -0.137. The quantitative estimate of drug-likeness (QED) is 0.859. The van der Waals surface area contributed by atoms with Crippen LogP contribution in [0.5, 0.6) is 0 Å². The Hall–Kier alpha value is -1.07. The fraction of sp³-hybridized carbons (Fsp3) is 0.500. The van der Waals surface area contributed by atoms with Gasteiger partial charge in [0.05, 0.1) is 5.56 Å². The summed E-state index contributed by atoms with van der Waals surface area (Å²) in [4.78, 5) is 0. The van der Waals surface area contributed by atoms with Crippen molar-refractivity contribution in [2.24, 2.45) is 5.73 Å². The lowest BCUT2D eigenvalue weighted by Crippen LogP contribution is -2.34. The van der Waals surface area contributed by atoms with Crippen molar-refractivity contribution in [3.63, 3.8) is 0 Å². The van der Waals surface area contributed by atoms with E-state index in [1.165, 1.54) is 12.1 Å². The van der Waals surface area contributed by atoms with Gasteiger partial charge in [0, 0.05) is 6.54 Å². The molecule has 1 rings (SSSR count). The first-order valence-electron chi connectivity index (χ1n) is 5.43. The monoisotopic (exact) mass is 247 g/mol. The molecule has 96 valence electrons. The number of aliphatic hydroxyl groups is 1. The van der Waals surface area contributed by atoms with E-state index in [4.69, 9.17) is 5.73 Å². The molecule has 17 heavy (non-hydrogen) atoms. The molecule has 0 bridgehead atoms. The number of rotatable bonds is 4. The molecular weight excluding hydrogens is 231 g/mol. The molecule has 1 aromatic rings. The van der Waals surface area contributed by atoms with Crippen LogP contribution in [-0.2, 0) is 11.8 Å². The summed E-state index contributed by atoms with van der Waals surface area (Å²) in [6, 6.07) is 4.49. The van der Waals surface area contributed by atoms with E-state index in [9.17, 15) is 18.3 Å². The number of hydrogen-bond donors (Lipinski definition) is 2. The zero-order valence-corrected chi connectivity index (χ0v) is 9.59. The first kappa shape index (κ1) is 14.0. The van der Waals surface area contributed by atoms with Gasteiger partial charge in [-0.05, 0) is 24.1 Å². The molecule has 0 spiro atoms. The highest BCUT2D eigenvalue weighted by Gasteiger charge is 2.32. The van der Waals surface area contributed by atoms with Crippen molar-refractivity contribution in [1.29, 1.82) is 0 Å². The Balaban J connectivity index is 3.01. The molecule has 2 nitrogen and oxygen atoms in total. The highest BCUT2D eigenvalue weighted by molar-refractivity contribution is 5.29. The lowest BCUT2D eigenvalue weighted by atomic mass is 9.89. The van der Waals surface area contributed by atoms with E-state index >= 15 is 0 Å². The Kier molecular flexibility index (Phi) is 4.16. The van der Waals surface area contributed by atoms with E-state index in [0.717, 1.165) is 12.1 Å². The summed E-state index contributed by atoms with van der Waals surface area (Å²) in [7, 11) is 0. The van der Waals surface area contributed by atoms with Crippen LogP contribution in [0, 0.1) is 0 Å². The van der Waals surface area contributed by atoms with Gasteiger partial charge in [-0.1, -0.05) is 25.5 Å². The summed E-state index contributed by atoms with van der Waals surface area (Å²) in [5.74, 6) is 0. The predicted molar refractivity (Wildman–Crippen MR) is 59.3 cm³/mol. The molecule has 1 atom stereocenters. The molecule has 0 aliphatic heterocycles. The Morgan fingerprint density at radius 3 is 1.94 bits per heavy atom. The van der Waals surface area contributed by atoms with Gasteiger partial charge < -0.3 is 10.8 Å². The number of benzene rings is 1. The van der Waals surface area contributed by atoms with Crippen molar-refractivity contribution in [3.05, 3.63) is 35.4 Å². The van der Waals surface area contributed by atoms with Crippen LogP contribution in [0.4, 0.5) is 13.2 Å². The molecule has 3 N–H and O–H groups in total. The van der Waals surface area contributed by atoms with Gasteiger partial charge in [-0.3, -0.25) is 0 Å². The van der Waals surface area contributed by atoms with E-state index in [0.29, 0.717) is 18.4 Å². The van der Waals surface area contributed by atoms with Crippen LogP contribution < -0.4 is 5.73 Å². The van der Waals surface area contributed by atoms with E-state index in [-0.39, 0.29) is 6.54 Å². The number of nitrogens with two attached hydrogens (primary N) is 1. The molecule has 0 aromatic heterocycles. The molecule has 0 heterocycles. The Bertz CT molecular complexity index is 361. The zero-order valence-electron chi connectivity index (χ0n) is 9.59. The standard InChI is InChI=1S/C12H16F3NO/c1-2-7-11(17,8-16)9-3-5-10(6-4-9)12(13,14)15/h3-6,17H,2,7-8,16H2,1H3. The predicted octanol–water partition coefficient (Wildman–Crippen LogP) is 2.65. The molecule has 1 unspecified atom stereocenters. The lowest BCUT2D eigenvalue weighted by Gasteiger charge is -2.27. The van der Waals surface area contributed by atoms with Crippen molar-refractivity contribution in [3.8, 4) is 0 Å². The van der Waals surface area contributed by atoms with Crippen LogP contribution in [0.15, 0.2) is 24.3 Å². The third kappa shape index (κ3) is 3.20. The Labute approximate surface area is 98.3 Å². The maximum Gasteiger partial charge on any atom is 0.416 e. The molecular formula is C12H16F3NO. The minimum atomic E-state index is -4.36. The second kappa shape index (κ2) is 5.06. The van der Waals surface area contributed by atoms with Gasteiger partial charge >= 0.3 is 6.18 Å². The van der Waals surface area contributed by atoms with Crippen LogP contribution in [0.2, 0.25) is 0 Å². The van der Waals surface area contributed by atoms with E-state index in [1.54, 1.807) is 0 Å². The molecule has 0 aliphatic carbocycles. The maximum atomic E-state index is 12.4. The van der Waals surface area contributed by atoms with Gasteiger partial charge in [0.1, 0.15) is 5.60 Å².